The number of nitro groups is 1. The Morgan fingerprint density at radius 3 is 2.64 bits per heavy atom. The van der Waals surface area contributed by atoms with Crippen molar-refractivity contribution in [1.29, 1.82) is 0 Å². The van der Waals surface area contributed by atoms with Crippen molar-refractivity contribution in [2.24, 2.45) is 0 Å². The highest BCUT2D eigenvalue weighted by atomic mass is 32.1. The zero-order chi connectivity index (χ0) is 20.7. The van der Waals surface area contributed by atoms with Gasteiger partial charge in [0, 0.05) is 29.2 Å². The van der Waals surface area contributed by atoms with E-state index in [0.29, 0.717) is 6.61 Å². The minimum absolute atomic E-state index is 0.0812. The number of nitrogens with zero attached hydrogens (tertiary/aromatic N) is 2. The van der Waals surface area contributed by atoms with Gasteiger partial charge in [-0.3, -0.25) is 0 Å². The number of benzene rings is 1. The molecular formula is C20H28N4O3S. The fourth-order valence-corrected chi connectivity index (χ4v) is 2.98. The molecule has 0 radical (unpaired) electrons. The van der Waals surface area contributed by atoms with E-state index in [1.165, 1.54) is 22.7 Å². The van der Waals surface area contributed by atoms with Gasteiger partial charge in [-0.2, -0.15) is 0 Å². The lowest BCUT2D eigenvalue weighted by atomic mass is 10.1. The molecule has 0 saturated heterocycles. The SMILES string of the molecule is CC(C)(C)NCc1c[nH]c2ccccc12.CC(C)OCc1cnc([N+](=O)[O-])s1. The smallest absolute Gasteiger partial charge is 0.373 e. The number of hydrogen-bond acceptors (Lipinski definition) is 6. The van der Waals surface area contributed by atoms with E-state index >= 15 is 0 Å². The van der Waals surface area contributed by atoms with E-state index in [0.717, 1.165) is 22.8 Å². The lowest BCUT2D eigenvalue weighted by Crippen LogP contribution is -2.34. The maximum atomic E-state index is 10.3. The Hall–Kier alpha value is -2.29. The molecule has 2 aromatic heterocycles. The van der Waals surface area contributed by atoms with Gasteiger partial charge in [0.05, 0.1) is 17.6 Å². The first kappa shape index (κ1) is 22.0. The van der Waals surface area contributed by atoms with Crippen molar-refractivity contribution in [3.05, 3.63) is 57.2 Å². The molecule has 0 bridgehead atoms. The first-order valence-electron chi connectivity index (χ1n) is 9.16. The minimum Gasteiger partial charge on any atom is -0.373 e. The molecule has 28 heavy (non-hydrogen) atoms. The molecule has 1 aromatic carbocycles. The first-order valence-corrected chi connectivity index (χ1v) is 9.98. The molecule has 0 aliphatic carbocycles. The Morgan fingerprint density at radius 2 is 2.04 bits per heavy atom. The first-order chi connectivity index (χ1) is 13.2. The van der Waals surface area contributed by atoms with Crippen molar-refractivity contribution in [2.45, 2.75) is 59.4 Å². The fourth-order valence-electron chi connectivity index (χ4n) is 2.34. The van der Waals surface area contributed by atoms with Crippen LogP contribution in [0.3, 0.4) is 0 Å². The number of thiazole rings is 1. The van der Waals surface area contributed by atoms with Crippen molar-refractivity contribution >= 4 is 27.4 Å². The largest absolute Gasteiger partial charge is 0.423 e. The van der Waals surface area contributed by atoms with E-state index < -0.39 is 4.92 Å². The summed E-state index contributed by atoms with van der Waals surface area (Å²) in [6.45, 7) is 11.7. The fraction of sp³-hybridized carbons (Fsp3) is 0.450. The summed E-state index contributed by atoms with van der Waals surface area (Å²) < 4.78 is 5.27. The van der Waals surface area contributed by atoms with Crippen LogP contribution in [0.15, 0.2) is 36.7 Å². The third kappa shape index (κ3) is 7.03. The van der Waals surface area contributed by atoms with Crippen molar-refractivity contribution in [1.82, 2.24) is 15.3 Å². The van der Waals surface area contributed by atoms with Gasteiger partial charge in [-0.1, -0.05) is 18.2 Å². The van der Waals surface area contributed by atoms with Gasteiger partial charge < -0.3 is 25.2 Å². The van der Waals surface area contributed by atoms with Gasteiger partial charge in [-0.05, 0) is 67.5 Å². The summed E-state index contributed by atoms with van der Waals surface area (Å²) in [6, 6.07) is 8.40. The molecule has 0 atom stereocenters. The Morgan fingerprint density at radius 1 is 1.32 bits per heavy atom. The third-order valence-electron chi connectivity index (χ3n) is 3.74. The van der Waals surface area contributed by atoms with Crippen LogP contribution in [0.4, 0.5) is 5.13 Å². The van der Waals surface area contributed by atoms with Crippen molar-refractivity contribution in [3.8, 4) is 0 Å². The summed E-state index contributed by atoms with van der Waals surface area (Å²) >= 11 is 1.05. The van der Waals surface area contributed by atoms with E-state index in [9.17, 15) is 10.1 Å². The summed E-state index contributed by atoms with van der Waals surface area (Å²) in [6.07, 6.45) is 3.69. The van der Waals surface area contributed by atoms with E-state index in [4.69, 9.17) is 4.74 Å². The second kappa shape index (κ2) is 9.77. The third-order valence-corrected chi connectivity index (χ3v) is 4.66. The zero-order valence-corrected chi connectivity index (χ0v) is 17.8. The number of aromatic nitrogens is 2. The lowest BCUT2D eigenvalue weighted by Gasteiger charge is -2.20. The molecule has 3 aromatic rings. The van der Waals surface area contributed by atoms with Crippen LogP contribution < -0.4 is 5.32 Å². The second-order valence-corrected chi connectivity index (χ2v) is 8.78. The van der Waals surface area contributed by atoms with Crippen LogP contribution >= 0.6 is 11.3 Å². The summed E-state index contributed by atoms with van der Waals surface area (Å²) in [5.74, 6) is 0. The highest BCUT2D eigenvalue weighted by molar-refractivity contribution is 7.14. The highest BCUT2D eigenvalue weighted by Gasteiger charge is 2.12. The van der Waals surface area contributed by atoms with Gasteiger partial charge in [-0.15, -0.1) is 0 Å². The summed E-state index contributed by atoms with van der Waals surface area (Å²) in [5.41, 5.74) is 2.71. The van der Waals surface area contributed by atoms with Crippen molar-refractivity contribution in [3.63, 3.8) is 0 Å². The van der Waals surface area contributed by atoms with Gasteiger partial charge in [0.15, 0.2) is 6.20 Å². The molecule has 2 heterocycles. The average Bonchev–Trinajstić information content (AvgIpc) is 3.25. The Kier molecular flexibility index (Phi) is 7.68. The number of para-hydroxylation sites is 1. The predicted molar refractivity (Wildman–Crippen MR) is 114 cm³/mol. The Bertz CT molecular complexity index is 896. The number of fused-ring (bicyclic) bond motifs is 1. The zero-order valence-electron chi connectivity index (χ0n) is 17.0. The molecule has 0 saturated carbocycles. The van der Waals surface area contributed by atoms with E-state index in [1.807, 2.05) is 13.8 Å². The number of nitrogens with one attached hydrogen (secondary N) is 2. The monoisotopic (exact) mass is 404 g/mol. The van der Waals surface area contributed by atoms with Crippen LogP contribution in [-0.2, 0) is 17.9 Å². The maximum absolute atomic E-state index is 10.3. The number of ether oxygens (including phenoxy) is 1. The molecular weight excluding hydrogens is 376 g/mol. The molecule has 0 amide bonds. The highest BCUT2D eigenvalue weighted by Crippen LogP contribution is 2.21. The van der Waals surface area contributed by atoms with Gasteiger partial charge >= 0.3 is 5.13 Å². The molecule has 0 aliphatic rings. The van der Waals surface area contributed by atoms with Gasteiger partial charge in [0.25, 0.3) is 0 Å². The summed E-state index contributed by atoms with van der Waals surface area (Å²) in [7, 11) is 0. The standard InChI is InChI=1S/C13H18N2.C7H10N2O3S/c1-13(2,3)15-9-10-8-14-12-7-5-4-6-11(10)12;1-5(2)12-4-6-3-8-7(13-6)9(10)11/h4-8,14-15H,9H2,1-3H3;3,5H,4H2,1-2H3. The van der Waals surface area contributed by atoms with Crippen molar-refractivity contribution in [2.75, 3.05) is 0 Å². The average molecular weight is 405 g/mol. The van der Waals surface area contributed by atoms with Gasteiger partial charge in [0.2, 0.25) is 0 Å². The van der Waals surface area contributed by atoms with Crippen LogP contribution in [-0.4, -0.2) is 26.5 Å². The van der Waals surface area contributed by atoms with Crippen LogP contribution in [0.25, 0.3) is 10.9 Å². The molecule has 8 heteroatoms. The Balaban J connectivity index is 0.000000203. The van der Waals surface area contributed by atoms with Gasteiger partial charge in [0.1, 0.15) is 0 Å². The number of H-pyrrole nitrogens is 1. The summed E-state index contributed by atoms with van der Waals surface area (Å²) in [5, 5.41) is 15.0. The molecule has 7 nitrogen and oxygen atoms in total. The molecule has 3 rings (SSSR count). The van der Waals surface area contributed by atoms with Crippen LogP contribution in [0.2, 0.25) is 0 Å². The Labute approximate surface area is 169 Å². The molecule has 152 valence electrons. The van der Waals surface area contributed by atoms with Crippen LogP contribution in [0, 0.1) is 10.1 Å². The minimum atomic E-state index is -0.496. The molecule has 0 unspecified atom stereocenters. The lowest BCUT2D eigenvalue weighted by molar-refractivity contribution is -0.384. The predicted octanol–water partition coefficient (Wildman–Crippen LogP) is 5.03. The maximum Gasteiger partial charge on any atom is 0.423 e. The second-order valence-electron chi connectivity index (χ2n) is 7.69. The summed E-state index contributed by atoms with van der Waals surface area (Å²) in [4.78, 5) is 17.5. The molecule has 0 aliphatic heterocycles. The van der Waals surface area contributed by atoms with Crippen molar-refractivity contribution < 1.29 is 9.66 Å². The van der Waals surface area contributed by atoms with Crippen LogP contribution in [0.5, 0.6) is 0 Å². The number of hydrogen-bond donors (Lipinski definition) is 2. The normalized spacial score (nSPS) is 11.5. The molecule has 0 spiro atoms. The molecule has 2 N–H and O–H groups in total. The van der Waals surface area contributed by atoms with Crippen LogP contribution in [0.1, 0.15) is 45.1 Å². The molecule has 0 fully saturated rings. The quantitative estimate of drug-likeness (QED) is 0.444. The van der Waals surface area contributed by atoms with E-state index in [-0.39, 0.29) is 16.8 Å². The topological polar surface area (TPSA) is 93.1 Å². The van der Waals surface area contributed by atoms with E-state index in [2.05, 4.69) is 66.5 Å². The number of rotatable bonds is 6. The van der Waals surface area contributed by atoms with Gasteiger partial charge in [-0.25, -0.2) is 0 Å². The van der Waals surface area contributed by atoms with E-state index in [1.54, 1.807) is 0 Å². The number of aromatic amines is 1.